The van der Waals surface area contributed by atoms with Crippen LogP contribution >= 0.6 is 7.82 Å². The second-order valence-corrected chi connectivity index (χ2v) is 4.10. The highest BCUT2D eigenvalue weighted by atomic mass is 31.2. The summed E-state index contributed by atoms with van der Waals surface area (Å²) in [6.45, 7) is 2.86. The van der Waals surface area contributed by atoms with Gasteiger partial charge in [-0.15, -0.1) is 0 Å². The third-order valence-electron chi connectivity index (χ3n) is 1.46. The zero-order valence-corrected chi connectivity index (χ0v) is 10.5. The maximum Gasteiger partial charge on any atom is 0.524 e. The van der Waals surface area contributed by atoms with Crippen molar-refractivity contribution in [3.05, 3.63) is 11.8 Å². The van der Waals surface area contributed by atoms with E-state index in [-0.39, 0.29) is 12.4 Å². The van der Waals surface area contributed by atoms with Crippen LogP contribution in [0, 0.1) is 0 Å². The quantitative estimate of drug-likeness (QED) is 0.436. The SMILES string of the molecule is CCOC(=O)N(C)C(=O)/C=C(/C)OP(=O)(O)O. The fourth-order valence-corrected chi connectivity index (χ4v) is 1.22. The second-order valence-electron chi connectivity index (χ2n) is 2.93. The smallest absolute Gasteiger partial charge is 0.449 e. The zero-order chi connectivity index (χ0) is 13.6. The number of carbonyl (C=O) groups is 2. The van der Waals surface area contributed by atoms with E-state index in [0.29, 0.717) is 4.90 Å². The normalized spacial score (nSPS) is 11.9. The molecule has 0 aromatic heterocycles. The van der Waals surface area contributed by atoms with Crippen molar-refractivity contribution in [2.75, 3.05) is 13.7 Å². The molecule has 0 radical (unpaired) electrons. The van der Waals surface area contributed by atoms with E-state index < -0.39 is 19.8 Å². The van der Waals surface area contributed by atoms with Gasteiger partial charge in [-0.2, -0.15) is 0 Å². The highest BCUT2D eigenvalue weighted by Gasteiger charge is 2.19. The van der Waals surface area contributed by atoms with Crippen LogP contribution in [0.2, 0.25) is 0 Å². The van der Waals surface area contributed by atoms with Crippen LogP contribution in [0.5, 0.6) is 0 Å². The van der Waals surface area contributed by atoms with Gasteiger partial charge in [0.05, 0.1) is 6.61 Å². The molecule has 0 saturated carbocycles. The average molecular weight is 267 g/mol. The summed E-state index contributed by atoms with van der Waals surface area (Å²) >= 11 is 0. The van der Waals surface area contributed by atoms with Gasteiger partial charge in [0.1, 0.15) is 5.76 Å². The minimum Gasteiger partial charge on any atom is -0.449 e. The lowest BCUT2D eigenvalue weighted by molar-refractivity contribution is -0.123. The Morgan fingerprint density at radius 3 is 2.35 bits per heavy atom. The standard InChI is InChI=1S/C8H14NO7P/c1-4-15-8(11)9(3)7(10)5-6(2)16-17(12,13)14/h5H,4H2,1-3H3,(H2,12,13,14)/b6-5-. The van der Waals surface area contributed by atoms with Crippen molar-refractivity contribution >= 4 is 19.8 Å². The Balaban J connectivity index is 4.57. The molecule has 17 heavy (non-hydrogen) atoms. The number of ether oxygens (including phenoxy) is 1. The number of imide groups is 1. The minimum absolute atomic E-state index is 0.109. The Bertz CT molecular complexity index is 372. The van der Waals surface area contributed by atoms with Gasteiger partial charge in [0, 0.05) is 13.1 Å². The molecule has 2 amide bonds. The summed E-state index contributed by atoms with van der Waals surface area (Å²) in [5, 5.41) is 0. The topological polar surface area (TPSA) is 113 Å². The molecular formula is C8H14NO7P. The van der Waals surface area contributed by atoms with Gasteiger partial charge >= 0.3 is 13.9 Å². The molecule has 0 aliphatic heterocycles. The van der Waals surface area contributed by atoms with Crippen LogP contribution in [0.4, 0.5) is 4.79 Å². The number of hydrogen-bond donors (Lipinski definition) is 2. The number of phosphoric ester groups is 1. The van der Waals surface area contributed by atoms with Gasteiger partial charge in [-0.25, -0.2) is 14.3 Å². The highest BCUT2D eigenvalue weighted by Crippen LogP contribution is 2.38. The number of allylic oxidation sites excluding steroid dienone is 1. The molecule has 2 N–H and O–H groups in total. The molecule has 0 fully saturated rings. The first-order valence-corrected chi connectivity index (χ1v) is 6.08. The van der Waals surface area contributed by atoms with Crippen molar-refractivity contribution in [3.8, 4) is 0 Å². The molecule has 0 saturated heterocycles. The molecule has 0 rings (SSSR count). The van der Waals surface area contributed by atoms with Gasteiger partial charge in [0.15, 0.2) is 0 Å². The third-order valence-corrected chi connectivity index (χ3v) is 1.99. The van der Waals surface area contributed by atoms with Crippen LogP contribution in [0.15, 0.2) is 11.8 Å². The molecule has 0 unspecified atom stereocenters. The van der Waals surface area contributed by atoms with Crippen molar-refractivity contribution < 1.29 is 33.2 Å². The van der Waals surface area contributed by atoms with Gasteiger partial charge in [0.2, 0.25) is 0 Å². The summed E-state index contributed by atoms with van der Waals surface area (Å²) in [5.41, 5.74) is 0. The van der Waals surface area contributed by atoms with E-state index in [4.69, 9.17) is 9.79 Å². The molecule has 9 heteroatoms. The van der Waals surface area contributed by atoms with E-state index in [1.807, 2.05) is 0 Å². The van der Waals surface area contributed by atoms with E-state index in [0.717, 1.165) is 6.08 Å². The molecule has 0 aliphatic rings. The van der Waals surface area contributed by atoms with Crippen molar-refractivity contribution in [1.29, 1.82) is 0 Å². The predicted molar refractivity (Wildman–Crippen MR) is 56.7 cm³/mol. The van der Waals surface area contributed by atoms with Crippen molar-refractivity contribution in [2.45, 2.75) is 13.8 Å². The second kappa shape index (κ2) is 6.39. The number of rotatable bonds is 4. The molecule has 0 spiro atoms. The molecule has 98 valence electrons. The Morgan fingerprint density at radius 2 is 1.94 bits per heavy atom. The van der Waals surface area contributed by atoms with Crippen molar-refractivity contribution in [1.82, 2.24) is 4.90 Å². The van der Waals surface area contributed by atoms with E-state index in [2.05, 4.69) is 9.26 Å². The Morgan fingerprint density at radius 1 is 1.41 bits per heavy atom. The van der Waals surface area contributed by atoms with E-state index in [9.17, 15) is 14.2 Å². The number of nitrogens with zero attached hydrogens (tertiary/aromatic N) is 1. The summed E-state index contributed by atoms with van der Waals surface area (Å²) in [5.74, 6) is -1.12. The average Bonchev–Trinajstić information content (AvgIpc) is 2.13. The van der Waals surface area contributed by atoms with Crippen LogP contribution < -0.4 is 0 Å². The summed E-state index contributed by atoms with van der Waals surface area (Å²) in [7, 11) is -3.53. The molecule has 0 bridgehead atoms. The lowest BCUT2D eigenvalue weighted by Crippen LogP contribution is -2.32. The zero-order valence-electron chi connectivity index (χ0n) is 9.61. The van der Waals surface area contributed by atoms with Gasteiger partial charge in [-0.1, -0.05) is 0 Å². The number of likely N-dealkylation sites (N-methyl/N-ethyl adjacent to an activating group) is 1. The number of carbonyl (C=O) groups excluding carboxylic acids is 2. The fourth-order valence-electron chi connectivity index (χ4n) is 0.795. The van der Waals surface area contributed by atoms with Crippen molar-refractivity contribution in [2.24, 2.45) is 0 Å². The van der Waals surface area contributed by atoms with E-state index in [1.54, 1.807) is 6.92 Å². The minimum atomic E-state index is -4.70. The molecule has 0 atom stereocenters. The van der Waals surface area contributed by atoms with Gasteiger partial charge < -0.3 is 9.26 Å². The fraction of sp³-hybridized carbons (Fsp3) is 0.500. The first-order chi connectivity index (χ1) is 7.67. The lowest BCUT2D eigenvalue weighted by Gasteiger charge is -2.13. The first kappa shape index (κ1) is 15.6. The van der Waals surface area contributed by atoms with E-state index >= 15 is 0 Å². The van der Waals surface area contributed by atoms with Crippen molar-refractivity contribution in [3.63, 3.8) is 0 Å². The van der Waals surface area contributed by atoms with Crippen LogP contribution in [0.1, 0.15) is 13.8 Å². The molecule has 0 heterocycles. The largest absolute Gasteiger partial charge is 0.524 e. The molecular weight excluding hydrogens is 253 g/mol. The summed E-state index contributed by atoms with van der Waals surface area (Å²) in [6, 6.07) is 0. The molecule has 0 aromatic carbocycles. The van der Waals surface area contributed by atoms with Crippen LogP contribution in [-0.2, 0) is 18.6 Å². The highest BCUT2D eigenvalue weighted by molar-refractivity contribution is 7.46. The summed E-state index contributed by atoms with van der Waals surface area (Å²) in [4.78, 5) is 40.1. The molecule has 0 aromatic rings. The maximum atomic E-state index is 11.4. The van der Waals surface area contributed by atoms with Crippen LogP contribution in [0.25, 0.3) is 0 Å². The van der Waals surface area contributed by atoms with Crippen LogP contribution in [0.3, 0.4) is 0 Å². The number of hydrogen-bond acceptors (Lipinski definition) is 5. The Kier molecular flexibility index (Phi) is 5.87. The van der Waals surface area contributed by atoms with E-state index in [1.165, 1.54) is 14.0 Å². The van der Waals surface area contributed by atoms with Gasteiger partial charge in [0.25, 0.3) is 5.91 Å². The number of phosphoric acid groups is 1. The third kappa shape index (κ3) is 6.72. The number of amides is 2. The van der Waals surface area contributed by atoms with Crippen LogP contribution in [-0.4, -0.2) is 40.3 Å². The molecule has 0 aliphatic carbocycles. The molecule has 8 nitrogen and oxygen atoms in total. The predicted octanol–water partition coefficient (Wildman–Crippen LogP) is 0.614. The summed E-state index contributed by atoms with van der Waals surface area (Å²) in [6.07, 6.45) is -0.0894. The maximum absolute atomic E-state index is 11.4. The summed E-state index contributed by atoms with van der Waals surface area (Å²) < 4.78 is 19.1. The monoisotopic (exact) mass is 267 g/mol. The van der Waals surface area contributed by atoms with Gasteiger partial charge in [-0.3, -0.25) is 14.6 Å². The lowest BCUT2D eigenvalue weighted by atomic mass is 10.4. The Hall–Kier alpha value is -1.37. The Labute approximate surface area is 98.1 Å². The first-order valence-electron chi connectivity index (χ1n) is 4.55. The van der Waals surface area contributed by atoms with Gasteiger partial charge in [-0.05, 0) is 13.8 Å².